The third-order valence-electron chi connectivity index (χ3n) is 8.84. The summed E-state index contributed by atoms with van der Waals surface area (Å²) in [6, 6.07) is 0. The van der Waals surface area contributed by atoms with Crippen LogP contribution in [0.2, 0.25) is 0 Å². The van der Waals surface area contributed by atoms with E-state index >= 15 is 0 Å². The quantitative estimate of drug-likeness (QED) is 0.0466. The summed E-state index contributed by atoms with van der Waals surface area (Å²) < 4.78 is 6.44. The van der Waals surface area contributed by atoms with Gasteiger partial charge in [0.15, 0.2) is 11.5 Å². The van der Waals surface area contributed by atoms with Crippen molar-refractivity contribution in [2.24, 2.45) is 0 Å². The number of rotatable bonds is 32. The van der Waals surface area contributed by atoms with Gasteiger partial charge >= 0.3 is 5.97 Å². The van der Waals surface area contributed by atoms with Crippen LogP contribution in [-0.2, 0) is 17.7 Å². The second-order valence-electron chi connectivity index (χ2n) is 13.0. The van der Waals surface area contributed by atoms with E-state index in [1.54, 1.807) is 0 Å². The first-order valence-corrected chi connectivity index (χ1v) is 19.1. The zero-order valence-corrected chi connectivity index (χ0v) is 29.8. The van der Waals surface area contributed by atoms with E-state index < -0.39 is 5.97 Å². The van der Waals surface area contributed by atoms with E-state index in [1.165, 1.54) is 89.9 Å². The molecule has 6 heteroatoms. The number of benzene rings is 1. The monoisotopic (exact) mass is 635 g/mol. The van der Waals surface area contributed by atoms with Gasteiger partial charge in [-0.3, -0.25) is 0 Å². The molecule has 0 saturated carbocycles. The molecule has 0 spiro atoms. The molecule has 1 aromatic carbocycles. The summed E-state index contributed by atoms with van der Waals surface area (Å²) >= 11 is 0. The van der Waals surface area contributed by atoms with Crippen molar-refractivity contribution in [1.82, 2.24) is 0 Å². The van der Waals surface area contributed by atoms with Crippen LogP contribution in [0.5, 0.6) is 17.2 Å². The average molecular weight is 635 g/mol. The van der Waals surface area contributed by atoms with Crippen molar-refractivity contribution in [1.29, 1.82) is 0 Å². The SMILES string of the molecule is CCCCCCCCCc1c(CCCCCCCCC)c(C(=O)O)c(O)c(OOCCCCCCC)c1OCCCCCCC. The number of aromatic carboxylic acids is 1. The van der Waals surface area contributed by atoms with Gasteiger partial charge in [-0.05, 0) is 44.1 Å². The highest BCUT2D eigenvalue weighted by molar-refractivity contribution is 5.95. The summed E-state index contributed by atoms with van der Waals surface area (Å²) in [5.74, 6) is -0.962. The van der Waals surface area contributed by atoms with Gasteiger partial charge < -0.3 is 19.8 Å². The van der Waals surface area contributed by atoms with Crippen molar-refractivity contribution in [3.05, 3.63) is 16.7 Å². The molecule has 0 unspecified atom stereocenters. The van der Waals surface area contributed by atoms with Crippen molar-refractivity contribution in [2.75, 3.05) is 13.2 Å². The van der Waals surface area contributed by atoms with Crippen LogP contribution < -0.4 is 9.62 Å². The summed E-state index contributed by atoms with van der Waals surface area (Å²) in [5.41, 5.74) is 1.56. The van der Waals surface area contributed by atoms with Gasteiger partial charge in [0.25, 0.3) is 0 Å². The second kappa shape index (κ2) is 28.3. The summed E-state index contributed by atoms with van der Waals surface area (Å²) in [4.78, 5) is 24.1. The number of carboxylic acid groups (broad SMARTS) is 1. The Balaban J connectivity index is 3.29. The first-order valence-electron chi connectivity index (χ1n) is 19.1. The molecular formula is C39H70O6. The van der Waals surface area contributed by atoms with Crippen LogP contribution in [0.15, 0.2) is 0 Å². The molecule has 0 radical (unpaired) electrons. The third-order valence-corrected chi connectivity index (χ3v) is 8.84. The van der Waals surface area contributed by atoms with Gasteiger partial charge in [0.05, 0.1) is 13.2 Å². The van der Waals surface area contributed by atoms with Crippen LogP contribution in [0.1, 0.15) is 203 Å². The highest BCUT2D eigenvalue weighted by atomic mass is 17.2. The molecule has 262 valence electrons. The largest absolute Gasteiger partial charge is 0.503 e. The fourth-order valence-electron chi connectivity index (χ4n) is 6.05. The van der Waals surface area contributed by atoms with Crippen LogP contribution >= 0.6 is 0 Å². The molecular weight excluding hydrogens is 564 g/mol. The minimum absolute atomic E-state index is 0.0378. The van der Waals surface area contributed by atoms with E-state index in [0.717, 1.165) is 69.8 Å². The van der Waals surface area contributed by atoms with Crippen LogP contribution in [0.4, 0.5) is 0 Å². The fraction of sp³-hybridized carbons (Fsp3) is 0.821. The Labute approximate surface area is 276 Å². The van der Waals surface area contributed by atoms with Gasteiger partial charge in [-0.2, -0.15) is 4.89 Å². The van der Waals surface area contributed by atoms with Crippen LogP contribution in [0.25, 0.3) is 0 Å². The van der Waals surface area contributed by atoms with Crippen molar-refractivity contribution in [3.8, 4) is 17.2 Å². The van der Waals surface area contributed by atoms with E-state index in [0.29, 0.717) is 37.4 Å². The first kappa shape index (κ1) is 41.1. The lowest BCUT2D eigenvalue weighted by Crippen LogP contribution is -2.13. The maximum absolute atomic E-state index is 12.7. The summed E-state index contributed by atoms with van der Waals surface area (Å²) in [6.07, 6.45) is 28.5. The molecule has 2 N–H and O–H groups in total. The number of hydrogen-bond donors (Lipinski definition) is 2. The molecule has 0 aliphatic carbocycles. The number of phenols is 1. The van der Waals surface area contributed by atoms with Crippen LogP contribution in [0.3, 0.4) is 0 Å². The lowest BCUT2D eigenvalue weighted by Gasteiger charge is -2.22. The number of hydrogen-bond acceptors (Lipinski definition) is 5. The lowest BCUT2D eigenvalue weighted by molar-refractivity contribution is -0.209. The number of aromatic hydroxyl groups is 1. The second-order valence-corrected chi connectivity index (χ2v) is 13.0. The molecule has 0 heterocycles. The Morgan fingerprint density at radius 2 is 0.911 bits per heavy atom. The minimum atomic E-state index is -1.12. The van der Waals surface area contributed by atoms with Gasteiger partial charge in [-0.25, -0.2) is 4.79 Å². The predicted octanol–water partition coefficient (Wildman–Crippen LogP) is 12.3. The van der Waals surface area contributed by atoms with Crippen LogP contribution in [-0.4, -0.2) is 29.4 Å². The normalized spacial score (nSPS) is 11.3. The Hall–Kier alpha value is -1.95. The molecule has 0 aliphatic heterocycles. The van der Waals surface area contributed by atoms with Gasteiger partial charge in [0.2, 0.25) is 5.75 Å². The molecule has 0 amide bonds. The Kier molecular flexibility index (Phi) is 25.8. The topological polar surface area (TPSA) is 85.2 Å². The van der Waals surface area contributed by atoms with Crippen molar-refractivity contribution in [2.45, 2.75) is 195 Å². The minimum Gasteiger partial charge on any atom is -0.503 e. The molecule has 0 bridgehead atoms. The Morgan fingerprint density at radius 3 is 1.38 bits per heavy atom. The highest BCUT2D eigenvalue weighted by Crippen LogP contribution is 2.46. The smallest absolute Gasteiger partial charge is 0.339 e. The predicted molar refractivity (Wildman–Crippen MR) is 188 cm³/mol. The highest BCUT2D eigenvalue weighted by Gasteiger charge is 2.30. The van der Waals surface area contributed by atoms with E-state index in [4.69, 9.17) is 14.5 Å². The molecule has 0 atom stereocenters. The molecule has 0 aromatic heterocycles. The maximum atomic E-state index is 12.7. The van der Waals surface area contributed by atoms with Gasteiger partial charge in [-0.15, -0.1) is 0 Å². The fourth-order valence-corrected chi connectivity index (χ4v) is 6.05. The van der Waals surface area contributed by atoms with Gasteiger partial charge in [0, 0.05) is 5.56 Å². The summed E-state index contributed by atoms with van der Waals surface area (Å²) in [5, 5.41) is 21.8. The Morgan fingerprint density at radius 1 is 0.511 bits per heavy atom. The summed E-state index contributed by atoms with van der Waals surface area (Å²) in [7, 11) is 0. The first-order chi connectivity index (χ1) is 22.0. The molecule has 6 nitrogen and oxygen atoms in total. The number of carbonyl (C=O) groups is 1. The molecule has 1 rings (SSSR count). The molecule has 0 fully saturated rings. The summed E-state index contributed by atoms with van der Waals surface area (Å²) in [6.45, 7) is 9.75. The van der Waals surface area contributed by atoms with E-state index in [-0.39, 0.29) is 17.1 Å². The number of unbranched alkanes of at least 4 members (excludes halogenated alkanes) is 20. The van der Waals surface area contributed by atoms with Crippen molar-refractivity contribution >= 4 is 5.97 Å². The van der Waals surface area contributed by atoms with Crippen molar-refractivity contribution in [3.63, 3.8) is 0 Å². The van der Waals surface area contributed by atoms with Gasteiger partial charge in [-0.1, -0.05) is 156 Å². The van der Waals surface area contributed by atoms with E-state index in [2.05, 4.69) is 27.7 Å². The van der Waals surface area contributed by atoms with Crippen LogP contribution in [0, 0.1) is 0 Å². The lowest BCUT2D eigenvalue weighted by atomic mass is 9.90. The van der Waals surface area contributed by atoms with E-state index in [9.17, 15) is 15.0 Å². The van der Waals surface area contributed by atoms with E-state index in [1.807, 2.05) is 0 Å². The number of carboxylic acids is 1. The zero-order chi connectivity index (χ0) is 33.0. The zero-order valence-electron chi connectivity index (χ0n) is 29.8. The molecule has 0 aliphatic rings. The number of ether oxygens (including phenoxy) is 1. The molecule has 0 saturated heterocycles. The Bertz CT molecular complexity index is 868. The maximum Gasteiger partial charge on any atom is 0.339 e. The average Bonchev–Trinajstić information content (AvgIpc) is 3.03. The molecule has 45 heavy (non-hydrogen) atoms. The molecule has 1 aromatic rings. The van der Waals surface area contributed by atoms with Gasteiger partial charge in [0.1, 0.15) is 5.56 Å². The standard InChI is InChI=1S/C39H70O6/c1-5-9-13-17-19-21-25-29-33-34(30-26-22-20-18-14-10-6-2)37(43-31-27-23-15-11-7-3)38(36(40)35(33)39(41)42)45-44-32-28-24-16-12-8-4/h40H,5-32H2,1-4H3,(H,41,42). The van der Waals surface area contributed by atoms with Crippen molar-refractivity contribution < 1.29 is 29.5 Å². The third kappa shape index (κ3) is 18.1.